The Morgan fingerprint density at radius 3 is 2.37 bits per heavy atom. The number of hydrogen-bond donors (Lipinski definition) is 1. The molecule has 2 unspecified atom stereocenters. The maximum Gasteiger partial charge on any atom is 0.355 e. The van der Waals surface area contributed by atoms with Crippen molar-refractivity contribution in [2.24, 2.45) is 5.92 Å². The minimum absolute atomic E-state index is 0.191. The van der Waals surface area contributed by atoms with Crippen LogP contribution in [0.2, 0.25) is 29.7 Å². The van der Waals surface area contributed by atoms with Crippen LogP contribution in [0.1, 0.15) is 41.1 Å². The Hall–Kier alpha value is -2.32. The highest BCUT2D eigenvalue weighted by atomic mass is 35.5. The Balaban J connectivity index is 2.22. The molecule has 0 spiro atoms. The Bertz CT molecular complexity index is 1190. The molecule has 1 heterocycles. The number of nitrogens with one attached hydrogen (secondary N) is 1. The number of hydrogen-bond acceptors (Lipinski definition) is 5. The lowest BCUT2D eigenvalue weighted by Crippen LogP contribution is -2.35. The number of halogens is 2. The molecule has 0 bridgehead atoms. The zero-order valence-corrected chi connectivity index (χ0v) is 23.1. The zero-order valence-electron chi connectivity index (χ0n) is 20.6. The van der Waals surface area contributed by atoms with E-state index in [4.69, 9.17) is 37.1 Å². The maximum absolute atomic E-state index is 13.2. The van der Waals surface area contributed by atoms with Gasteiger partial charge in [0.05, 0.1) is 30.8 Å². The van der Waals surface area contributed by atoms with Crippen molar-refractivity contribution >= 4 is 54.4 Å². The van der Waals surface area contributed by atoms with E-state index in [1.54, 1.807) is 19.1 Å². The van der Waals surface area contributed by atoms with Gasteiger partial charge in [-0.1, -0.05) is 53.5 Å². The number of H-pyrrole nitrogens is 1. The van der Waals surface area contributed by atoms with Gasteiger partial charge in [0.2, 0.25) is 0 Å². The lowest BCUT2D eigenvalue weighted by atomic mass is 9.88. The molecule has 2 atom stereocenters. The van der Waals surface area contributed by atoms with Gasteiger partial charge in [-0.05, 0) is 57.1 Å². The molecule has 6 nitrogen and oxygen atoms in total. The van der Waals surface area contributed by atoms with Crippen LogP contribution in [-0.4, -0.2) is 39.0 Å². The lowest BCUT2D eigenvalue weighted by Gasteiger charge is -2.32. The number of aromatic amines is 1. The van der Waals surface area contributed by atoms with Crippen LogP contribution >= 0.6 is 23.2 Å². The number of carbonyl (C=O) groups is 2. The summed E-state index contributed by atoms with van der Waals surface area (Å²) in [6, 6.07) is 13.2. The van der Waals surface area contributed by atoms with E-state index in [9.17, 15) is 9.59 Å². The average Bonchev–Trinajstić information content (AvgIpc) is 3.18. The molecule has 0 aliphatic carbocycles. The van der Waals surface area contributed by atoms with Crippen molar-refractivity contribution in [1.82, 2.24) is 4.98 Å². The van der Waals surface area contributed by atoms with Crippen molar-refractivity contribution in [3.63, 3.8) is 0 Å². The topological polar surface area (TPSA) is 77.6 Å². The maximum atomic E-state index is 13.2. The van der Waals surface area contributed by atoms with Crippen LogP contribution in [0.15, 0.2) is 42.5 Å². The van der Waals surface area contributed by atoms with Crippen LogP contribution in [0.25, 0.3) is 10.9 Å². The first-order valence-electron chi connectivity index (χ1n) is 11.5. The third-order valence-corrected chi connectivity index (χ3v) is 7.03. The van der Waals surface area contributed by atoms with Crippen molar-refractivity contribution in [2.75, 3.05) is 13.7 Å². The van der Waals surface area contributed by atoms with Crippen LogP contribution in [0.3, 0.4) is 0 Å². The summed E-state index contributed by atoms with van der Waals surface area (Å²) in [6.07, 6.45) is 0.291. The standard InChI is InChI=1S/C26H31Cl2NO5Si/c1-6-33-26(31)23-22(21-19(28)14-17(27)15-20(21)29-23)24(34-35(3,4)5)18(25(30)32-2)13-12-16-10-8-7-9-11-16/h7-11,14-15,18,24,29H,6,12-13H2,1-5H3. The van der Waals surface area contributed by atoms with Crippen LogP contribution < -0.4 is 0 Å². The molecule has 1 aromatic heterocycles. The van der Waals surface area contributed by atoms with Gasteiger partial charge in [-0.15, -0.1) is 0 Å². The number of aryl methyl sites for hydroxylation is 1. The second-order valence-corrected chi connectivity index (χ2v) is 14.6. The number of rotatable bonds is 10. The second-order valence-electron chi connectivity index (χ2n) is 9.25. The summed E-state index contributed by atoms with van der Waals surface area (Å²) in [5, 5.41) is 1.35. The number of methoxy groups -OCH3 is 1. The Labute approximate surface area is 217 Å². The molecule has 188 valence electrons. The minimum Gasteiger partial charge on any atom is -0.469 e. The highest BCUT2D eigenvalue weighted by molar-refractivity contribution is 6.69. The number of benzene rings is 2. The van der Waals surface area contributed by atoms with Crippen LogP contribution in [0.4, 0.5) is 0 Å². The first-order chi connectivity index (χ1) is 16.6. The number of carbonyl (C=O) groups excluding carboxylic acids is 2. The Morgan fingerprint density at radius 2 is 1.77 bits per heavy atom. The van der Waals surface area contributed by atoms with Gasteiger partial charge in [0.1, 0.15) is 5.69 Å². The number of esters is 2. The van der Waals surface area contributed by atoms with E-state index in [0.717, 1.165) is 5.56 Å². The van der Waals surface area contributed by atoms with E-state index in [2.05, 4.69) is 4.98 Å². The summed E-state index contributed by atoms with van der Waals surface area (Å²) < 4.78 is 17.2. The summed E-state index contributed by atoms with van der Waals surface area (Å²) in [5.41, 5.74) is 2.34. The molecule has 0 amide bonds. The SMILES string of the molecule is CCOC(=O)c1[nH]c2cc(Cl)cc(Cl)c2c1C(O[Si](C)(C)C)C(CCc1ccccc1)C(=O)OC. The first kappa shape index (κ1) is 27.3. The molecule has 0 saturated carbocycles. The van der Waals surface area contributed by atoms with Gasteiger partial charge >= 0.3 is 11.9 Å². The fourth-order valence-electron chi connectivity index (χ4n) is 4.16. The quantitative estimate of drug-likeness (QED) is 0.224. The van der Waals surface area contributed by atoms with Gasteiger partial charge in [-0.3, -0.25) is 4.79 Å². The summed E-state index contributed by atoms with van der Waals surface area (Å²) in [5.74, 6) is -1.66. The molecule has 2 aromatic carbocycles. The smallest absolute Gasteiger partial charge is 0.355 e. The fraction of sp³-hybridized carbons (Fsp3) is 0.385. The van der Waals surface area contributed by atoms with Gasteiger partial charge in [-0.2, -0.15) is 0 Å². The largest absolute Gasteiger partial charge is 0.469 e. The molecule has 0 saturated heterocycles. The van der Waals surface area contributed by atoms with Crippen molar-refractivity contribution in [3.05, 3.63) is 69.3 Å². The van der Waals surface area contributed by atoms with Crippen molar-refractivity contribution < 1.29 is 23.5 Å². The predicted molar refractivity (Wildman–Crippen MR) is 142 cm³/mol. The van der Waals surface area contributed by atoms with Crippen molar-refractivity contribution in [3.8, 4) is 0 Å². The van der Waals surface area contributed by atoms with Crippen LogP contribution in [0.5, 0.6) is 0 Å². The first-order valence-corrected chi connectivity index (χ1v) is 15.7. The summed E-state index contributed by atoms with van der Waals surface area (Å²) in [4.78, 5) is 29.3. The molecule has 35 heavy (non-hydrogen) atoms. The van der Waals surface area contributed by atoms with E-state index < -0.39 is 32.3 Å². The number of aromatic nitrogens is 1. The molecule has 0 radical (unpaired) electrons. The van der Waals surface area contributed by atoms with Gasteiger partial charge in [0.25, 0.3) is 0 Å². The molecule has 9 heteroatoms. The summed E-state index contributed by atoms with van der Waals surface area (Å²) in [6.45, 7) is 8.02. The van der Waals surface area contributed by atoms with Crippen LogP contribution in [-0.2, 0) is 25.1 Å². The summed E-state index contributed by atoms with van der Waals surface area (Å²) in [7, 11) is -0.882. The van der Waals surface area contributed by atoms with E-state index in [0.29, 0.717) is 39.4 Å². The predicted octanol–water partition coefficient (Wildman–Crippen LogP) is 6.97. The Morgan fingerprint density at radius 1 is 1.09 bits per heavy atom. The highest BCUT2D eigenvalue weighted by Crippen LogP contribution is 2.43. The van der Waals surface area contributed by atoms with Crippen LogP contribution in [0, 0.1) is 5.92 Å². The normalized spacial score (nSPS) is 13.5. The third kappa shape index (κ3) is 6.67. The molecule has 3 aromatic rings. The second kappa shape index (κ2) is 11.6. The molecule has 3 rings (SSSR count). The third-order valence-electron chi connectivity index (χ3n) is 5.55. The molecule has 0 fully saturated rings. The molecule has 0 aliphatic heterocycles. The van der Waals surface area contributed by atoms with E-state index in [1.165, 1.54) is 7.11 Å². The van der Waals surface area contributed by atoms with Gasteiger partial charge in [0.15, 0.2) is 8.32 Å². The lowest BCUT2D eigenvalue weighted by molar-refractivity contribution is -0.149. The monoisotopic (exact) mass is 535 g/mol. The number of ether oxygens (including phenoxy) is 2. The molecular formula is C26H31Cl2NO5Si. The molecular weight excluding hydrogens is 505 g/mol. The molecule has 1 N–H and O–H groups in total. The average molecular weight is 537 g/mol. The zero-order chi connectivity index (χ0) is 25.8. The van der Waals surface area contributed by atoms with E-state index >= 15 is 0 Å². The molecule has 0 aliphatic rings. The van der Waals surface area contributed by atoms with Gasteiger partial charge in [0, 0.05) is 21.5 Å². The van der Waals surface area contributed by atoms with E-state index in [1.807, 2.05) is 50.0 Å². The summed E-state index contributed by atoms with van der Waals surface area (Å²) >= 11 is 12.9. The van der Waals surface area contributed by atoms with Crippen molar-refractivity contribution in [1.29, 1.82) is 0 Å². The fourth-order valence-corrected chi connectivity index (χ4v) is 5.80. The van der Waals surface area contributed by atoms with Gasteiger partial charge < -0.3 is 18.9 Å². The number of fused-ring (bicyclic) bond motifs is 1. The highest BCUT2D eigenvalue weighted by Gasteiger charge is 2.39. The van der Waals surface area contributed by atoms with E-state index in [-0.39, 0.29) is 12.3 Å². The Kier molecular flexibility index (Phi) is 9.04. The van der Waals surface area contributed by atoms with Gasteiger partial charge in [-0.25, -0.2) is 4.79 Å². The minimum atomic E-state index is -2.24. The van der Waals surface area contributed by atoms with Crippen molar-refractivity contribution in [2.45, 2.75) is 45.5 Å².